The van der Waals surface area contributed by atoms with Crippen LogP contribution in [0.3, 0.4) is 0 Å². The molecule has 0 unspecified atom stereocenters. The number of urea groups is 1. The van der Waals surface area contributed by atoms with E-state index in [9.17, 15) is 33.6 Å². The van der Waals surface area contributed by atoms with E-state index in [2.05, 4.69) is 87.5 Å². The van der Waals surface area contributed by atoms with Gasteiger partial charge in [-0.3, -0.25) is 39.2 Å². The summed E-state index contributed by atoms with van der Waals surface area (Å²) >= 11 is 0. The Morgan fingerprint density at radius 2 is 0.768 bits per heavy atom. The van der Waals surface area contributed by atoms with Gasteiger partial charge in [0.25, 0.3) is 0 Å². The van der Waals surface area contributed by atoms with Gasteiger partial charge in [-0.15, -0.1) is 0 Å². The number of nitrogens with zero attached hydrogens (tertiary/aromatic N) is 1. The number of aliphatic imine (C=N–C) groups is 1. The van der Waals surface area contributed by atoms with Crippen LogP contribution in [-0.4, -0.2) is 164 Å². The summed E-state index contributed by atoms with van der Waals surface area (Å²) in [5.74, 6) is 3.04. The summed E-state index contributed by atoms with van der Waals surface area (Å²) < 4.78 is 32.0. The van der Waals surface area contributed by atoms with Crippen molar-refractivity contribution in [1.82, 2.24) is 54.0 Å². The predicted octanol–water partition coefficient (Wildman–Crippen LogP) is 10.8. The number of unbranched alkanes of at least 4 members (excludes halogenated alkanes) is 1. The van der Waals surface area contributed by atoms with Crippen LogP contribution in [0.15, 0.2) is 53.5 Å². The largest absolute Gasteiger partial charge is 0.399 e. The molecule has 0 saturated carbocycles. The Morgan fingerprint density at radius 1 is 0.463 bits per heavy atom. The first-order valence-corrected chi connectivity index (χ1v) is 30.6. The van der Waals surface area contributed by atoms with Crippen molar-refractivity contribution in [2.24, 2.45) is 22.4 Å². The van der Waals surface area contributed by atoms with E-state index in [1.165, 1.54) is 6.42 Å². The number of amidine groups is 2. The van der Waals surface area contributed by atoms with Crippen LogP contribution >= 0.6 is 0 Å². The van der Waals surface area contributed by atoms with Crippen LogP contribution in [0.5, 0.6) is 0 Å². The summed E-state index contributed by atoms with van der Waals surface area (Å²) in [4.78, 5) is 80.9. The summed E-state index contributed by atoms with van der Waals surface area (Å²) in [6, 6.07) is 15.3. The second-order valence-corrected chi connectivity index (χ2v) is 21.8. The molecule has 0 aromatic heterocycles. The fraction of sp³-hybridized carbons (Fsp3) is 0.696. The Morgan fingerprint density at radius 3 is 1.04 bits per heavy atom. The summed E-state index contributed by atoms with van der Waals surface area (Å²) in [6.45, 7) is 22.9. The number of rotatable bonds is 37. The normalized spacial score (nSPS) is 11.6. The summed E-state index contributed by atoms with van der Waals surface area (Å²) in [6.07, 6.45) is 12.6. The molecule has 6 atom stereocenters. The Balaban J connectivity index is -0.0000000852. The lowest BCUT2D eigenvalue weighted by atomic mass is 10.0. The standard InChI is InChI=1S/C13H19N3O.C11H23N3O.C11H16N2O.C11H24N2O.C10H21NO.C8H17N3O2.5CH4.2F2.H3N/c1-9(17)12(16-2)7-10-3-5-11(6-4-10)8-13(14)15;1-5-11(13-4)14-8-6-7-10(12-3)9(2)15;1-8(14)11(13-2)7-9-3-5-10(12)6-4-9;1-9(2)13-8-6-5-7-11(12-4)10(3)14;1-8(2)6-5-7-10(11-4)9(3)12;1-6(12)7(10-2)4-3-5-11-8(9)13;;;;;;2*1-2;/h3-6,12,16H,7-8H2,1-2H3,(H3,14,15);10,12H,5-8H2,1-4H3,(H,13,14);3-6,11,13H,7,12H2,1-2H3;9,11-13H,5-8H2,1-4H3;8,10-11H,5-7H2,1-4H3;7,10H,3-5H2,1-2H3,(H3,9,11,13);5*1H4;;;1H3/t12-;10-;2*11-;10-;7-;;;;;;;;/m000000......../s1. The molecule has 0 saturated heterocycles. The van der Waals surface area contributed by atoms with Crippen LogP contribution < -0.4 is 71.2 Å². The molecule has 0 spiro atoms. The van der Waals surface area contributed by atoms with Crippen molar-refractivity contribution in [2.45, 2.75) is 245 Å². The number of carbonyl (C=O) groups excluding carboxylic acids is 7. The maximum Gasteiger partial charge on any atom is 0.312 e. The van der Waals surface area contributed by atoms with Crippen molar-refractivity contribution in [3.05, 3.63) is 65.2 Å². The van der Waals surface area contributed by atoms with Crippen molar-refractivity contribution in [2.75, 3.05) is 74.7 Å². The van der Waals surface area contributed by atoms with E-state index < -0.39 is 6.03 Å². The van der Waals surface area contributed by atoms with E-state index in [0.29, 0.717) is 38.3 Å². The molecular weight excluding hydrogens is 1230 g/mol. The number of amides is 2. The number of primary amides is 1. The SMILES string of the molecule is C.C.C.C.C.CCC(=NC)NCCC[C@H](NC)C(C)=O.CN[C@@H](CCCC(C)C)C(C)=O.CN[C@@H](CCCCNC(C)C)C(C)=O.CN[C@@H](CCCNC(N)=O)C(C)=O.CN[C@@H](Cc1ccc(CC(=N)N)cc1)C(C)=O.CN[C@@H](Cc1ccc(N)cc1)C(C)=O.FF.FF.N. The average molecular weight is 1370 g/mol. The van der Waals surface area contributed by atoms with Crippen molar-refractivity contribution >= 4 is 58.1 Å². The van der Waals surface area contributed by atoms with Crippen LogP contribution in [0, 0.1) is 11.3 Å². The molecule has 26 heteroatoms. The molecule has 2 aromatic rings. The Bertz CT molecular complexity index is 2170. The van der Waals surface area contributed by atoms with Crippen molar-refractivity contribution < 1.29 is 51.9 Å². The topological polar surface area (TPSA) is 377 Å². The maximum absolute atomic E-state index is 11.3. The number of nitrogens with two attached hydrogens (primary N) is 3. The number of nitrogens with one attached hydrogen (secondary N) is 10. The number of nitrogen functional groups attached to an aromatic ring is 1. The highest BCUT2D eigenvalue weighted by Gasteiger charge is 2.15. The number of Topliss-reactive ketones (excluding diaryl/α,β-unsaturated/α-hetero) is 6. The number of carbonyl (C=O) groups is 7. The molecule has 2 rings (SSSR count). The van der Waals surface area contributed by atoms with Gasteiger partial charge < -0.3 is 71.2 Å². The second-order valence-electron chi connectivity index (χ2n) is 21.8. The highest BCUT2D eigenvalue weighted by molar-refractivity contribution is 5.84. The molecule has 19 N–H and O–H groups in total. The van der Waals surface area contributed by atoms with Gasteiger partial charge in [0.15, 0.2) is 0 Å². The molecule has 0 radical (unpaired) electrons. The first-order valence-electron chi connectivity index (χ1n) is 30.6. The van der Waals surface area contributed by atoms with Gasteiger partial charge in [-0.2, -0.15) is 0 Å². The molecule has 2 amide bonds. The number of halogens is 4. The first kappa shape index (κ1) is 116. The minimum Gasteiger partial charge on any atom is -0.399 e. The third-order valence-corrected chi connectivity index (χ3v) is 13.6. The fourth-order valence-electron chi connectivity index (χ4n) is 8.25. The van der Waals surface area contributed by atoms with Gasteiger partial charge in [-0.25, -0.2) is 4.79 Å². The zero-order valence-electron chi connectivity index (χ0n) is 58.0. The van der Waals surface area contributed by atoms with Crippen LogP contribution in [0.2, 0.25) is 0 Å². The number of ketones is 6. The maximum atomic E-state index is 11.3. The molecule has 22 nitrogen and oxygen atoms in total. The predicted molar refractivity (Wildman–Crippen MR) is 398 cm³/mol. The minimum atomic E-state index is -0.524. The Kier molecular flexibility index (Phi) is 96.0. The van der Waals surface area contributed by atoms with Crippen molar-refractivity contribution in [3.8, 4) is 0 Å². The molecule has 0 aliphatic carbocycles. The highest BCUT2D eigenvalue weighted by Crippen LogP contribution is 2.11. The third-order valence-electron chi connectivity index (χ3n) is 13.6. The van der Waals surface area contributed by atoms with Crippen LogP contribution in [-0.2, 0) is 48.0 Å². The highest BCUT2D eigenvalue weighted by atomic mass is 20.0. The van der Waals surface area contributed by atoms with Crippen LogP contribution in [0.4, 0.5) is 28.8 Å². The number of hydrogen-bond acceptors (Lipinski definition) is 18. The molecular formula is C69H143F4N15O7. The van der Waals surface area contributed by atoms with Crippen molar-refractivity contribution in [1.29, 1.82) is 5.41 Å². The van der Waals surface area contributed by atoms with Gasteiger partial charge in [0.05, 0.1) is 47.9 Å². The first-order chi connectivity index (χ1) is 42.0. The Hall–Kier alpha value is -6.13. The molecule has 0 bridgehead atoms. The van der Waals surface area contributed by atoms with Gasteiger partial charge in [-0.1, -0.05) is 127 Å². The molecule has 0 aliphatic rings. The summed E-state index contributed by atoms with van der Waals surface area (Å²) in [5, 5.41) is 34.2. The smallest absolute Gasteiger partial charge is 0.312 e. The van der Waals surface area contributed by atoms with E-state index in [4.69, 9.17) is 40.9 Å². The number of hydrogen-bond donors (Lipinski definition) is 14. The zero-order valence-corrected chi connectivity index (χ0v) is 58.0. The molecule has 0 aliphatic heterocycles. The quantitative estimate of drug-likeness (QED) is 0.00982. The van der Waals surface area contributed by atoms with E-state index in [-0.39, 0.29) is 120 Å². The monoisotopic (exact) mass is 1370 g/mol. The Labute approximate surface area is 575 Å². The van der Waals surface area contributed by atoms with E-state index in [1.807, 2.05) is 69.7 Å². The molecule has 0 heterocycles. The number of likely N-dealkylation sites (N-methyl/N-ethyl adjacent to an activating group) is 6. The van der Waals surface area contributed by atoms with Gasteiger partial charge >= 0.3 is 6.03 Å². The van der Waals surface area contributed by atoms with Crippen LogP contribution in [0.25, 0.3) is 0 Å². The molecule has 2 aromatic carbocycles. The van der Waals surface area contributed by atoms with Crippen molar-refractivity contribution in [3.63, 3.8) is 0 Å². The minimum absolute atomic E-state index is 0. The summed E-state index contributed by atoms with van der Waals surface area (Å²) in [7, 11) is 12.6. The van der Waals surface area contributed by atoms with E-state index in [1.54, 1.807) is 69.7 Å². The lowest BCUT2D eigenvalue weighted by Crippen LogP contribution is -2.34. The molecule has 95 heavy (non-hydrogen) atoms. The lowest BCUT2D eigenvalue weighted by Gasteiger charge is -2.13. The zero-order chi connectivity index (χ0) is 69.9. The number of benzene rings is 2. The fourth-order valence-corrected chi connectivity index (χ4v) is 8.25. The lowest BCUT2D eigenvalue weighted by molar-refractivity contribution is -0.119. The van der Waals surface area contributed by atoms with E-state index in [0.717, 1.165) is 105 Å². The average Bonchev–Trinajstić information content (AvgIpc) is 1.55. The van der Waals surface area contributed by atoms with Gasteiger partial charge in [0, 0.05) is 63.0 Å². The summed E-state index contributed by atoms with van der Waals surface area (Å²) in [5.41, 5.74) is 19.8. The van der Waals surface area contributed by atoms with Gasteiger partial charge in [0.1, 0.15) is 34.7 Å². The number of anilines is 1. The van der Waals surface area contributed by atoms with E-state index >= 15 is 0 Å². The molecule has 0 fully saturated rings. The van der Waals surface area contributed by atoms with Gasteiger partial charge in [-0.05, 0) is 183 Å². The van der Waals surface area contributed by atoms with Crippen LogP contribution in [0.1, 0.15) is 201 Å². The van der Waals surface area contributed by atoms with Gasteiger partial charge in [0.2, 0.25) is 0 Å². The third kappa shape index (κ3) is 73.5. The molecule has 564 valence electrons. The second kappa shape index (κ2) is 78.6.